The van der Waals surface area contributed by atoms with Crippen molar-refractivity contribution >= 4 is 21.8 Å². The fraction of sp³-hybridized carbons (Fsp3) is 0.0400. The summed E-state index contributed by atoms with van der Waals surface area (Å²) in [6.45, 7) is 2.16. The van der Waals surface area contributed by atoms with Crippen molar-refractivity contribution in [1.82, 2.24) is 4.57 Å². The van der Waals surface area contributed by atoms with Gasteiger partial charge in [-0.3, -0.25) is 0 Å². The van der Waals surface area contributed by atoms with Gasteiger partial charge in [-0.1, -0.05) is 78.4 Å². The lowest BCUT2D eigenvalue weighted by molar-refractivity contribution is 1.18. The third kappa shape index (κ3) is 2.25. The SMILES string of the molecule is Cc1ccc2c(c1)c1cccc(-c3ccccc3)c1n2-c1ccccc1. The molecule has 1 heteroatoms. The molecule has 0 aliphatic heterocycles. The van der Waals surface area contributed by atoms with E-state index in [1.807, 2.05) is 0 Å². The van der Waals surface area contributed by atoms with Gasteiger partial charge in [0.2, 0.25) is 0 Å². The highest BCUT2D eigenvalue weighted by Crippen LogP contribution is 2.38. The average molecular weight is 333 g/mol. The summed E-state index contributed by atoms with van der Waals surface area (Å²) in [5, 5.41) is 2.61. The molecule has 124 valence electrons. The van der Waals surface area contributed by atoms with Crippen LogP contribution in [0.1, 0.15) is 5.56 Å². The summed E-state index contributed by atoms with van der Waals surface area (Å²) in [7, 11) is 0. The summed E-state index contributed by atoms with van der Waals surface area (Å²) in [5.41, 5.74) is 7.51. The first-order valence-corrected chi connectivity index (χ1v) is 8.97. The Balaban J connectivity index is 1.99. The van der Waals surface area contributed by atoms with Gasteiger partial charge in [-0.15, -0.1) is 0 Å². The van der Waals surface area contributed by atoms with Crippen LogP contribution in [-0.2, 0) is 0 Å². The quantitative estimate of drug-likeness (QED) is 0.336. The zero-order valence-corrected chi connectivity index (χ0v) is 14.7. The smallest absolute Gasteiger partial charge is 0.0619 e. The number of nitrogens with zero attached hydrogens (tertiary/aromatic N) is 1. The van der Waals surface area contributed by atoms with Gasteiger partial charge < -0.3 is 4.57 Å². The van der Waals surface area contributed by atoms with Crippen molar-refractivity contribution in [2.24, 2.45) is 0 Å². The van der Waals surface area contributed by atoms with Crippen LogP contribution in [0, 0.1) is 6.92 Å². The van der Waals surface area contributed by atoms with Gasteiger partial charge in [-0.05, 0) is 36.8 Å². The van der Waals surface area contributed by atoms with E-state index in [1.54, 1.807) is 0 Å². The Bertz CT molecular complexity index is 1210. The Morgan fingerprint density at radius 3 is 2.12 bits per heavy atom. The molecule has 0 unspecified atom stereocenters. The highest BCUT2D eigenvalue weighted by atomic mass is 15.0. The van der Waals surface area contributed by atoms with Crippen molar-refractivity contribution in [2.75, 3.05) is 0 Å². The second-order valence-electron chi connectivity index (χ2n) is 6.76. The zero-order chi connectivity index (χ0) is 17.5. The van der Waals surface area contributed by atoms with Crippen molar-refractivity contribution in [1.29, 1.82) is 0 Å². The lowest BCUT2D eigenvalue weighted by Crippen LogP contribution is -1.95. The molecule has 1 aromatic heterocycles. The highest BCUT2D eigenvalue weighted by Gasteiger charge is 2.16. The maximum absolute atomic E-state index is 2.40. The van der Waals surface area contributed by atoms with Crippen molar-refractivity contribution in [2.45, 2.75) is 6.92 Å². The van der Waals surface area contributed by atoms with Gasteiger partial charge in [0.05, 0.1) is 11.0 Å². The number of aryl methyl sites for hydroxylation is 1. The van der Waals surface area contributed by atoms with Gasteiger partial charge in [0.25, 0.3) is 0 Å². The standard InChI is InChI=1S/C25H19N/c1-18-15-16-24-23(17-18)22-14-8-13-21(19-9-4-2-5-10-19)25(22)26(24)20-11-6-3-7-12-20/h2-17H,1H3. The molecule has 5 rings (SSSR count). The summed E-state index contributed by atoms with van der Waals surface area (Å²) in [6.07, 6.45) is 0. The van der Waals surface area contributed by atoms with E-state index in [0.717, 1.165) is 0 Å². The van der Waals surface area contributed by atoms with Gasteiger partial charge in [0.15, 0.2) is 0 Å². The second kappa shape index (κ2) is 5.89. The van der Waals surface area contributed by atoms with Crippen LogP contribution in [0.5, 0.6) is 0 Å². The van der Waals surface area contributed by atoms with Crippen LogP contribution in [-0.4, -0.2) is 4.57 Å². The van der Waals surface area contributed by atoms with Crippen LogP contribution in [0.25, 0.3) is 38.6 Å². The average Bonchev–Trinajstić information content (AvgIpc) is 3.03. The molecular weight excluding hydrogens is 314 g/mol. The Hall–Kier alpha value is -3.32. The van der Waals surface area contributed by atoms with Gasteiger partial charge in [-0.2, -0.15) is 0 Å². The molecule has 0 amide bonds. The number of hydrogen-bond donors (Lipinski definition) is 0. The number of hydrogen-bond acceptors (Lipinski definition) is 0. The summed E-state index contributed by atoms with van der Waals surface area (Å²) >= 11 is 0. The summed E-state index contributed by atoms with van der Waals surface area (Å²) in [4.78, 5) is 0. The predicted octanol–water partition coefficient (Wildman–Crippen LogP) is 6.76. The molecule has 0 aliphatic rings. The summed E-state index contributed by atoms with van der Waals surface area (Å²) in [6, 6.07) is 34.7. The van der Waals surface area contributed by atoms with E-state index >= 15 is 0 Å². The van der Waals surface area contributed by atoms with E-state index in [-0.39, 0.29) is 0 Å². The largest absolute Gasteiger partial charge is 0.309 e. The van der Waals surface area contributed by atoms with E-state index in [0.29, 0.717) is 0 Å². The van der Waals surface area contributed by atoms with Crippen LogP contribution >= 0.6 is 0 Å². The molecule has 0 N–H and O–H groups in total. The minimum atomic E-state index is 1.19. The van der Waals surface area contributed by atoms with Crippen LogP contribution in [0.4, 0.5) is 0 Å². The molecule has 0 bridgehead atoms. The molecule has 0 atom stereocenters. The third-order valence-corrected chi connectivity index (χ3v) is 5.04. The minimum absolute atomic E-state index is 1.19. The first-order chi connectivity index (χ1) is 12.8. The monoisotopic (exact) mass is 333 g/mol. The van der Waals surface area contributed by atoms with E-state index < -0.39 is 0 Å². The van der Waals surface area contributed by atoms with E-state index in [2.05, 4.69) is 109 Å². The van der Waals surface area contributed by atoms with E-state index in [9.17, 15) is 0 Å². The number of para-hydroxylation sites is 2. The molecule has 5 aromatic rings. The van der Waals surface area contributed by atoms with Gasteiger partial charge in [0, 0.05) is 22.0 Å². The molecule has 1 heterocycles. The Morgan fingerprint density at radius 2 is 1.35 bits per heavy atom. The van der Waals surface area contributed by atoms with Crippen molar-refractivity contribution in [3.05, 3.63) is 103 Å². The maximum atomic E-state index is 2.40. The molecule has 0 saturated carbocycles. The molecule has 0 radical (unpaired) electrons. The van der Waals surface area contributed by atoms with Crippen molar-refractivity contribution in [3.8, 4) is 16.8 Å². The van der Waals surface area contributed by atoms with Crippen molar-refractivity contribution < 1.29 is 0 Å². The first kappa shape index (κ1) is 15.0. The fourth-order valence-corrected chi connectivity index (χ4v) is 3.88. The Labute approximate surface area is 153 Å². The predicted molar refractivity (Wildman–Crippen MR) is 111 cm³/mol. The minimum Gasteiger partial charge on any atom is -0.309 e. The van der Waals surface area contributed by atoms with Gasteiger partial charge >= 0.3 is 0 Å². The molecule has 0 saturated heterocycles. The van der Waals surface area contributed by atoms with Crippen LogP contribution in [0.2, 0.25) is 0 Å². The number of fused-ring (bicyclic) bond motifs is 3. The third-order valence-electron chi connectivity index (χ3n) is 5.04. The fourth-order valence-electron chi connectivity index (χ4n) is 3.88. The summed E-state index contributed by atoms with van der Waals surface area (Å²) < 4.78 is 2.40. The highest BCUT2D eigenvalue weighted by molar-refractivity contribution is 6.13. The van der Waals surface area contributed by atoms with Crippen LogP contribution < -0.4 is 0 Å². The lowest BCUT2D eigenvalue weighted by Gasteiger charge is -2.11. The topological polar surface area (TPSA) is 4.93 Å². The summed E-state index contributed by atoms with van der Waals surface area (Å²) in [5.74, 6) is 0. The lowest BCUT2D eigenvalue weighted by atomic mass is 10.0. The number of rotatable bonds is 2. The second-order valence-corrected chi connectivity index (χ2v) is 6.76. The molecule has 0 aliphatic carbocycles. The Morgan fingerprint density at radius 1 is 0.615 bits per heavy atom. The van der Waals surface area contributed by atoms with Crippen LogP contribution in [0.15, 0.2) is 97.1 Å². The number of aromatic nitrogens is 1. The first-order valence-electron chi connectivity index (χ1n) is 8.97. The molecular formula is C25H19N. The van der Waals surface area contributed by atoms with E-state index in [1.165, 1.54) is 44.2 Å². The van der Waals surface area contributed by atoms with Gasteiger partial charge in [-0.25, -0.2) is 0 Å². The maximum Gasteiger partial charge on any atom is 0.0619 e. The van der Waals surface area contributed by atoms with Crippen LogP contribution in [0.3, 0.4) is 0 Å². The zero-order valence-electron chi connectivity index (χ0n) is 14.7. The van der Waals surface area contributed by atoms with Gasteiger partial charge in [0.1, 0.15) is 0 Å². The molecule has 26 heavy (non-hydrogen) atoms. The molecule has 4 aromatic carbocycles. The molecule has 0 fully saturated rings. The Kier molecular flexibility index (Phi) is 3.39. The van der Waals surface area contributed by atoms with E-state index in [4.69, 9.17) is 0 Å². The van der Waals surface area contributed by atoms with Crippen molar-refractivity contribution in [3.63, 3.8) is 0 Å². The normalized spacial score (nSPS) is 11.3. The molecule has 1 nitrogen and oxygen atoms in total. The molecule has 0 spiro atoms. The number of benzene rings is 4.